The van der Waals surface area contributed by atoms with E-state index in [1.807, 2.05) is 0 Å². The number of furan rings is 1. The van der Waals surface area contributed by atoms with E-state index in [2.05, 4.69) is 0 Å². The van der Waals surface area contributed by atoms with Gasteiger partial charge >= 0.3 is 0 Å². The van der Waals surface area contributed by atoms with Crippen molar-refractivity contribution < 1.29 is 23.3 Å². The van der Waals surface area contributed by atoms with Crippen molar-refractivity contribution in [3.63, 3.8) is 0 Å². The zero-order valence-electron chi connectivity index (χ0n) is 15.9. The molecule has 1 saturated heterocycles. The predicted octanol–water partition coefficient (Wildman–Crippen LogP) is 6.54. The van der Waals surface area contributed by atoms with Crippen LogP contribution < -0.4 is 0 Å². The number of nitrogens with zero attached hydrogens (tertiary/aromatic N) is 2. The zero-order chi connectivity index (χ0) is 23.0. The normalized spacial score (nSPS) is 15.1. The summed E-state index contributed by atoms with van der Waals surface area (Å²) in [6.07, 6.45) is 1.38. The van der Waals surface area contributed by atoms with Crippen LogP contribution in [0.2, 0.25) is 10.0 Å². The molecule has 1 aliphatic rings. The number of rotatable bonds is 5. The van der Waals surface area contributed by atoms with Crippen LogP contribution in [0, 0.1) is 15.9 Å². The van der Waals surface area contributed by atoms with Gasteiger partial charge < -0.3 is 4.42 Å². The minimum atomic E-state index is -0.617. The minimum Gasteiger partial charge on any atom is -0.457 e. The van der Waals surface area contributed by atoms with Crippen molar-refractivity contribution in [3.05, 3.63) is 90.7 Å². The quantitative estimate of drug-likeness (QED) is 0.228. The van der Waals surface area contributed by atoms with E-state index in [0.717, 1.165) is 4.90 Å². The Kier molecular flexibility index (Phi) is 6.05. The van der Waals surface area contributed by atoms with Crippen molar-refractivity contribution in [1.29, 1.82) is 0 Å². The third-order valence-corrected chi connectivity index (χ3v) is 6.16. The molecule has 0 bridgehead atoms. The second kappa shape index (κ2) is 8.78. The number of imide groups is 1. The summed E-state index contributed by atoms with van der Waals surface area (Å²) < 4.78 is 19.7. The van der Waals surface area contributed by atoms with Crippen LogP contribution in [0.3, 0.4) is 0 Å². The fraction of sp³-hybridized carbons (Fsp3) is 0.0476. The molecule has 2 amide bonds. The van der Waals surface area contributed by atoms with Gasteiger partial charge in [0.1, 0.15) is 22.4 Å². The van der Waals surface area contributed by atoms with Crippen molar-refractivity contribution in [3.8, 4) is 11.3 Å². The first-order chi connectivity index (χ1) is 15.2. The molecular formula is C21H11Cl2FN2O5S. The van der Waals surface area contributed by atoms with Gasteiger partial charge in [0.05, 0.1) is 16.4 Å². The Morgan fingerprint density at radius 3 is 2.62 bits per heavy atom. The Balaban J connectivity index is 1.57. The molecule has 4 rings (SSSR count). The number of hydrogen-bond donors (Lipinski definition) is 0. The molecule has 1 aliphatic heterocycles. The summed E-state index contributed by atoms with van der Waals surface area (Å²) in [6.45, 7) is -0.300. The number of thioether (sulfide) groups is 1. The summed E-state index contributed by atoms with van der Waals surface area (Å²) in [4.78, 5) is 36.5. The summed E-state index contributed by atoms with van der Waals surface area (Å²) in [5, 5.41) is 10.6. The first-order valence-electron chi connectivity index (χ1n) is 8.97. The van der Waals surface area contributed by atoms with Crippen LogP contribution in [-0.4, -0.2) is 21.0 Å². The summed E-state index contributed by atoms with van der Waals surface area (Å²) in [5.74, 6) is -0.659. The van der Waals surface area contributed by atoms with E-state index < -0.39 is 21.9 Å². The molecule has 11 heteroatoms. The summed E-state index contributed by atoms with van der Waals surface area (Å²) >= 11 is 12.5. The van der Waals surface area contributed by atoms with E-state index >= 15 is 0 Å². The van der Waals surface area contributed by atoms with Crippen LogP contribution in [0.1, 0.15) is 11.3 Å². The number of benzene rings is 2. The molecule has 3 aromatic rings. The molecule has 0 aliphatic carbocycles. The second-order valence-corrected chi connectivity index (χ2v) is 8.40. The number of amides is 2. The van der Waals surface area contributed by atoms with Crippen molar-refractivity contribution in [2.45, 2.75) is 6.54 Å². The van der Waals surface area contributed by atoms with Crippen molar-refractivity contribution in [1.82, 2.24) is 4.90 Å². The number of hydrogen-bond acceptors (Lipinski definition) is 6. The lowest BCUT2D eigenvalue weighted by molar-refractivity contribution is -0.384. The molecule has 0 unspecified atom stereocenters. The smallest absolute Gasteiger partial charge is 0.293 e. The maximum Gasteiger partial charge on any atom is 0.293 e. The van der Waals surface area contributed by atoms with Gasteiger partial charge in [0.25, 0.3) is 16.8 Å². The van der Waals surface area contributed by atoms with Gasteiger partial charge in [-0.25, -0.2) is 4.39 Å². The highest BCUT2D eigenvalue weighted by molar-refractivity contribution is 8.18. The van der Waals surface area contributed by atoms with Crippen molar-refractivity contribution in [2.24, 2.45) is 0 Å². The Morgan fingerprint density at radius 1 is 1.12 bits per heavy atom. The number of nitro benzene ring substituents is 1. The van der Waals surface area contributed by atoms with Crippen LogP contribution in [0.5, 0.6) is 0 Å². The molecule has 0 spiro atoms. The third kappa shape index (κ3) is 4.27. The van der Waals surface area contributed by atoms with E-state index in [4.69, 9.17) is 27.6 Å². The Bertz CT molecular complexity index is 1290. The molecule has 2 aromatic carbocycles. The average molecular weight is 493 g/mol. The van der Waals surface area contributed by atoms with E-state index in [1.54, 1.807) is 18.2 Å². The van der Waals surface area contributed by atoms with Crippen LogP contribution >= 0.6 is 35.0 Å². The highest BCUT2D eigenvalue weighted by Gasteiger charge is 2.36. The average Bonchev–Trinajstić information content (AvgIpc) is 3.30. The Labute approximate surface area is 194 Å². The largest absolute Gasteiger partial charge is 0.457 e. The highest BCUT2D eigenvalue weighted by Crippen LogP contribution is 2.36. The fourth-order valence-electron chi connectivity index (χ4n) is 3.00. The molecule has 0 N–H and O–H groups in total. The van der Waals surface area contributed by atoms with Gasteiger partial charge in [0.2, 0.25) is 0 Å². The Hall–Kier alpha value is -3.14. The molecular weight excluding hydrogens is 482 g/mol. The zero-order valence-corrected chi connectivity index (χ0v) is 18.2. The molecule has 7 nitrogen and oxygen atoms in total. The van der Waals surface area contributed by atoms with Gasteiger partial charge in [0, 0.05) is 28.3 Å². The standard InChI is InChI=1S/C21H11Cl2FN2O5S/c22-14-2-1-3-16(24)13(14)10-25-20(27)19(32-21(25)28)9-12-5-7-18(31-12)11-4-6-15(23)17(8-11)26(29)30/h1-9H,10H2/b19-9+. The van der Waals surface area contributed by atoms with Gasteiger partial charge in [-0.1, -0.05) is 29.3 Å². The highest BCUT2D eigenvalue weighted by atomic mass is 35.5. The lowest BCUT2D eigenvalue weighted by Gasteiger charge is -2.14. The molecule has 0 saturated carbocycles. The predicted molar refractivity (Wildman–Crippen MR) is 119 cm³/mol. The number of halogens is 3. The lowest BCUT2D eigenvalue weighted by atomic mass is 10.1. The first-order valence-corrected chi connectivity index (χ1v) is 10.5. The molecule has 0 atom stereocenters. The van der Waals surface area contributed by atoms with E-state index in [0.29, 0.717) is 23.1 Å². The van der Waals surface area contributed by atoms with Gasteiger partial charge in [-0.2, -0.15) is 0 Å². The van der Waals surface area contributed by atoms with Crippen LogP contribution in [0.4, 0.5) is 14.9 Å². The third-order valence-electron chi connectivity index (χ3n) is 4.58. The molecule has 1 aromatic heterocycles. The fourth-order valence-corrected chi connectivity index (χ4v) is 4.23. The lowest BCUT2D eigenvalue weighted by Crippen LogP contribution is -2.28. The van der Waals surface area contributed by atoms with E-state index in [1.165, 1.54) is 36.4 Å². The molecule has 162 valence electrons. The first kappa shape index (κ1) is 22.1. The minimum absolute atomic E-state index is 0.00541. The van der Waals surface area contributed by atoms with Crippen LogP contribution in [0.25, 0.3) is 17.4 Å². The number of carbonyl (C=O) groups excluding carboxylic acids is 2. The molecule has 32 heavy (non-hydrogen) atoms. The molecule has 0 radical (unpaired) electrons. The van der Waals surface area contributed by atoms with Crippen molar-refractivity contribution in [2.75, 3.05) is 0 Å². The van der Waals surface area contributed by atoms with Gasteiger partial charge in [0.15, 0.2) is 0 Å². The summed E-state index contributed by atoms with van der Waals surface area (Å²) in [7, 11) is 0. The summed E-state index contributed by atoms with van der Waals surface area (Å²) in [5.41, 5.74) is 0.195. The maximum absolute atomic E-state index is 14.0. The van der Waals surface area contributed by atoms with Gasteiger partial charge in [-0.15, -0.1) is 0 Å². The molecule has 1 fully saturated rings. The second-order valence-electron chi connectivity index (χ2n) is 6.59. The summed E-state index contributed by atoms with van der Waals surface area (Å²) in [6, 6.07) is 11.4. The van der Waals surface area contributed by atoms with Gasteiger partial charge in [-0.05, 0) is 48.2 Å². The van der Waals surface area contributed by atoms with E-state index in [9.17, 15) is 24.1 Å². The number of carbonyl (C=O) groups is 2. The van der Waals surface area contributed by atoms with Crippen molar-refractivity contribution >= 4 is 57.9 Å². The topological polar surface area (TPSA) is 93.7 Å². The monoisotopic (exact) mass is 492 g/mol. The van der Waals surface area contributed by atoms with Crippen LogP contribution in [-0.2, 0) is 11.3 Å². The van der Waals surface area contributed by atoms with Gasteiger partial charge in [-0.3, -0.25) is 24.6 Å². The maximum atomic E-state index is 14.0. The van der Waals surface area contributed by atoms with E-state index in [-0.39, 0.29) is 38.5 Å². The van der Waals surface area contributed by atoms with Crippen LogP contribution in [0.15, 0.2) is 57.9 Å². The Morgan fingerprint density at radius 2 is 1.91 bits per heavy atom. The molecule has 2 heterocycles. The number of nitro groups is 1. The SMILES string of the molecule is O=C1S/C(=C/c2ccc(-c3ccc(Cl)c([N+](=O)[O-])c3)o2)C(=O)N1Cc1c(F)cccc1Cl.